The quantitative estimate of drug-likeness (QED) is 0.842. The molecule has 1 heterocycles. The van der Waals surface area contributed by atoms with Gasteiger partial charge >= 0.3 is 0 Å². The summed E-state index contributed by atoms with van der Waals surface area (Å²) in [6.45, 7) is 0. The van der Waals surface area contributed by atoms with Gasteiger partial charge in [0.1, 0.15) is 5.82 Å². The number of ether oxygens (including phenoxy) is 1. The molecular formula is C13H13N3OS. The van der Waals surface area contributed by atoms with Crippen molar-refractivity contribution in [3.05, 3.63) is 34.1 Å². The average Bonchev–Trinajstić information content (AvgIpc) is 2.85. The predicted molar refractivity (Wildman–Crippen MR) is 71.2 cm³/mol. The summed E-state index contributed by atoms with van der Waals surface area (Å²) in [4.78, 5) is 11.3. The maximum atomic E-state index is 5.08. The molecule has 1 aliphatic rings. The van der Waals surface area contributed by atoms with Crippen molar-refractivity contribution in [2.24, 2.45) is 0 Å². The van der Waals surface area contributed by atoms with E-state index in [0.717, 1.165) is 12.0 Å². The zero-order valence-electron chi connectivity index (χ0n) is 10.1. The molecule has 1 N–H and O–H groups in total. The molecule has 0 amide bonds. The first kappa shape index (κ1) is 11.3. The van der Waals surface area contributed by atoms with Crippen LogP contribution in [0.2, 0.25) is 0 Å². The highest BCUT2D eigenvalue weighted by atomic mass is 32.1. The van der Waals surface area contributed by atoms with Crippen molar-refractivity contribution in [1.82, 2.24) is 15.0 Å². The van der Waals surface area contributed by atoms with Crippen LogP contribution in [-0.2, 0) is 12.8 Å². The van der Waals surface area contributed by atoms with Crippen molar-refractivity contribution in [2.45, 2.75) is 19.3 Å². The number of rotatable bonds is 2. The first-order valence-corrected chi connectivity index (χ1v) is 6.31. The summed E-state index contributed by atoms with van der Waals surface area (Å²) < 4.78 is 5.37. The van der Waals surface area contributed by atoms with Crippen LogP contribution in [0.3, 0.4) is 0 Å². The number of aromatic nitrogens is 3. The lowest BCUT2D eigenvalue weighted by Gasteiger charge is -2.06. The van der Waals surface area contributed by atoms with Crippen LogP contribution in [0, 0.1) is 4.77 Å². The Morgan fingerprint density at radius 1 is 1.22 bits per heavy atom. The Kier molecular flexibility index (Phi) is 2.83. The van der Waals surface area contributed by atoms with Crippen LogP contribution in [0.15, 0.2) is 18.2 Å². The number of methoxy groups -OCH3 is 1. The Hall–Kier alpha value is -1.75. The Balaban J connectivity index is 2.09. The van der Waals surface area contributed by atoms with E-state index in [1.165, 1.54) is 24.0 Å². The second kappa shape index (κ2) is 4.49. The summed E-state index contributed by atoms with van der Waals surface area (Å²) in [6, 6.07) is 6.81. The molecule has 0 saturated carbocycles. The molecule has 0 saturated heterocycles. The minimum absolute atomic E-state index is 0.293. The van der Waals surface area contributed by atoms with Crippen LogP contribution in [-0.4, -0.2) is 22.1 Å². The lowest BCUT2D eigenvalue weighted by atomic mass is 10.1. The third-order valence-electron chi connectivity index (χ3n) is 3.20. The van der Waals surface area contributed by atoms with Crippen molar-refractivity contribution in [2.75, 3.05) is 7.11 Å². The number of aryl methyl sites for hydroxylation is 2. The van der Waals surface area contributed by atoms with Crippen molar-refractivity contribution >= 4 is 12.2 Å². The molecule has 0 bridgehead atoms. The Morgan fingerprint density at radius 3 is 2.89 bits per heavy atom. The fourth-order valence-corrected chi connectivity index (χ4v) is 2.49. The Bertz CT molecular complexity index is 651. The molecule has 18 heavy (non-hydrogen) atoms. The van der Waals surface area contributed by atoms with Gasteiger partial charge in [0, 0.05) is 5.56 Å². The molecule has 1 aromatic heterocycles. The summed E-state index contributed by atoms with van der Waals surface area (Å²) in [6.07, 6.45) is 3.56. The van der Waals surface area contributed by atoms with E-state index in [9.17, 15) is 0 Å². The van der Waals surface area contributed by atoms with Gasteiger partial charge in [0.2, 0.25) is 4.77 Å². The molecule has 1 aromatic carbocycles. The van der Waals surface area contributed by atoms with Crippen LogP contribution in [0.1, 0.15) is 17.5 Å². The van der Waals surface area contributed by atoms with Gasteiger partial charge < -0.3 is 4.74 Å². The molecule has 92 valence electrons. The van der Waals surface area contributed by atoms with Gasteiger partial charge in [-0.3, -0.25) is 4.98 Å². The van der Waals surface area contributed by atoms with Crippen molar-refractivity contribution in [3.8, 4) is 17.4 Å². The SMILES string of the molecule is COc1nc(=S)nc(-c2ccc3c(c2)CCC3)[nH]1. The van der Waals surface area contributed by atoms with Gasteiger partial charge in [-0.1, -0.05) is 12.1 Å². The number of benzene rings is 1. The highest BCUT2D eigenvalue weighted by Gasteiger charge is 2.12. The van der Waals surface area contributed by atoms with Gasteiger partial charge in [-0.25, -0.2) is 4.98 Å². The second-order valence-electron chi connectivity index (χ2n) is 4.33. The third kappa shape index (κ3) is 2.01. The van der Waals surface area contributed by atoms with Crippen LogP contribution >= 0.6 is 12.2 Å². The lowest BCUT2D eigenvalue weighted by molar-refractivity contribution is 0.378. The standard InChI is InChI=1S/C13H13N3OS/c1-17-12-14-11(15-13(18)16-12)10-6-5-8-3-2-4-9(8)7-10/h5-7H,2-4H2,1H3,(H,14,15,16,18). The maximum absolute atomic E-state index is 5.08. The van der Waals surface area contributed by atoms with E-state index in [4.69, 9.17) is 17.0 Å². The maximum Gasteiger partial charge on any atom is 0.297 e. The van der Waals surface area contributed by atoms with Gasteiger partial charge in [-0.05, 0) is 48.7 Å². The van der Waals surface area contributed by atoms with Gasteiger partial charge in [0.25, 0.3) is 6.01 Å². The van der Waals surface area contributed by atoms with Crippen LogP contribution in [0.5, 0.6) is 6.01 Å². The number of hydrogen-bond donors (Lipinski definition) is 1. The summed E-state index contributed by atoms with van der Waals surface area (Å²) in [5, 5.41) is 0. The molecule has 5 heteroatoms. The van der Waals surface area contributed by atoms with E-state index in [-0.39, 0.29) is 0 Å². The molecule has 0 radical (unpaired) electrons. The molecule has 0 fully saturated rings. The summed E-state index contributed by atoms with van der Waals surface area (Å²) in [5.41, 5.74) is 3.88. The van der Waals surface area contributed by atoms with Crippen LogP contribution in [0.4, 0.5) is 0 Å². The molecule has 4 nitrogen and oxygen atoms in total. The zero-order chi connectivity index (χ0) is 12.5. The number of nitrogens with zero attached hydrogens (tertiary/aromatic N) is 2. The minimum Gasteiger partial charge on any atom is -0.468 e. The largest absolute Gasteiger partial charge is 0.468 e. The fourth-order valence-electron chi connectivity index (χ4n) is 2.32. The number of nitrogens with one attached hydrogen (secondary N) is 1. The van der Waals surface area contributed by atoms with E-state index >= 15 is 0 Å². The van der Waals surface area contributed by atoms with E-state index in [2.05, 4.69) is 33.2 Å². The smallest absolute Gasteiger partial charge is 0.297 e. The molecule has 0 unspecified atom stereocenters. The molecule has 0 atom stereocenters. The van der Waals surface area contributed by atoms with Crippen LogP contribution < -0.4 is 4.74 Å². The first-order valence-electron chi connectivity index (χ1n) is 5.91. The van der Waals surface area contributed by atoms with Gasteiger partial charge in [0.05, 0.1) is 7.11 Å². The number of fused-ring (bicyclic) bond motifs is 1. The zero-order valence-corrected chi connectivity index (χ0v) is 10.9. The summed E-state index contributed by atoms with van der Waals surface area (Å²) in [5.74, 6) is 0.710. The third-order valence-corrected chi connectivity index (χ3v) is 3.38. The second-order valence-corrected chi connectivity index (χ2v) is 4.69. The molecule has 2 aromatic rings. The monoisotopic (exact) mass is 259 g/mol. The van der Waals surface area contributed by atoms with E-state index in [1.54, 1.807) is 7.11 Å². The van der Waals surface area contributed by atoms with Gasteiger partial charge in [0.15, 0.2) is 0 Å². The highest BCUT2D eigenvalue weighted by Crippen LogP contribution is 2.26. The normalized spacial score (nSPS) is 13.4. The molecule has 0 spiro atoms. The molecule has 3 rings (SSSR count). The minimum atomic E-state index is 0.293. The lowest BCUT2D eigenvalue weighted by Crippen LogP contribution is -1.98. The number of hydrogen-bond acceptors (Lipinski definition) is 4. The summed E-state index contributed by atoms with van der Waals surface area (Å²) >= 11 is 5.03. The van der Waals surface area contributed by atoms with E-state index in [0.29, 0.717) is 16.6 Å². The predicted octanol–water partition coefficient (Wildman–Crippen LogP) is 2.70. The molecule has 0 aliphatic heterocycles. The van der Waals surface area contributed by atoms with E-state index in [1.807, 2.05) is 0 Å². The van der Waals surface area contributed by atoms with Crippen molar-refractivity contribution < 1.29 is 4.74 Å². The number of aromatic amines is 1. The van der Waals surface area contributed by atoms with Crippen LogP contribution in [0.25, 0.3) is 11.4 Å². The van der Waals surface area contributed by atoms with Crippen molar-refractivity contribution in [1.29, 1.82) is 0 Å². The highest BCUT2D eigenvalue weighted by molar-refractivity contribution is 7.71. The number of H-pyrrole nitrogens is 1. The molecular weight excluding hydrogens is 246 g/mol. The summed E-state index contributed by atoms with van der Waals surface area (Å²) in [7, 11) is 1.56. The Morgan fingerprint density at radius 2 is 2.06 bits per heavy atom. The molecule has 1 aliphatic carbocycles. The Labute approximate surface area is 110 Å². The van der Waals surface area contributed by atoms with Gasteiger partial charge in [-0.2, -0.15) is 4.98 Å². The fraction of sp³-hybridized carbons (Fsp3) is 0.308. The average molecular weight is 259 g/mol. The van der Waals surface area contributed by atoms with E-state index < -0.39 is 0 Å². The van der Waals surface area contributed by atoms with Crippen molar-refractivity contribution in [3.63, 3.8) is 0 Å². The van der Waals surface area contributed by atoms with Gasteiger partial charge in [-0.15, -0.1) is 0 Å². The first-order chi connectivity index (χ1) is 8.76. The topological polar surface area (TPSA) is 50.8 Å².